The quantitative estimate of drug-likeness (QED) is 0.656. The van der Waals surface area contributed by atoms with Crippen LogP contribution in [0.2, 0.25) is 0 Å². The molecule has 0 fully saturated rings. The van der Waals surface area contributed by atoms with Crippen LogP contribution in [-0.4, -0.2) is 70.0 Å². The van der Waals surface area contributed by atoms with E-state index in [1.807, 2.05) is 19.0 Å². The number of aliphatic carboxylic acids is 1. The van der Waals surface area contributed by atoms with Crippen molar-refractivity contribution in [1.82, 2.24) is 25.1 Å². The summed E-state index contributed by atoms with van der Waals surface area (Å²) in [6.07, 6.45) is 0.219. The molecule has 8 nitrogen and oxygen atoms in total. The molecule has 18 heavy (non-hydrogen) atoms. The van der Waals surface area contributed by atoms with Gasteiger partial charge in [0, 0.05) is 20.1 Å². The molecule has 1 unspecified atom stereocenters. The molecule has 1 N–H and O–H groups in total. The predicted octanol–water partition coefficient (Wildman–Crippen LogP) is -0.733. The predicted molar refractivity (Wildman–Crippen MR) is 63.1 cm³/mol. The second-order valence-electron chi connectivity index (χ2n) is 4.29. The summed E-state index contributed by atoms with van der Waals surface area (Å²) in [5, 5.41) is 20.1. The second-order valence-corrected chi connectivity index (χ2v) is 4.29. The molecule has 1 rings (SSSR count). The number of carboxylic acid groups (broad SMARTS) is 1. The molecule has 0 bridgehead atoms. The number of carbonyl (C=O) groups is 1. The van der Waals surface area contributed by atoms with Gasteiger partial charge in [0.2, 0.25) is 0 Å². The Morgan fingerprint density at radius 3 is 2.83 bits per heavy atom. The molecule has 102 valence electrons. The monoisotopic (exact) mass is 257 g/mol. The van der Waals surface area contributed by atoms with Gasteiger partial charge >= 0.3 is 5.97 Å². The van der Waals surface area contributed by atoms with Crippen LogP contribution in [-0.2, 0) is 22.5 Å². The molecule has 8 heteroatoms. The maximum atomic E-state index is 10.6. The molecule has 1 aromatic heterocycles. The molecular formula is C10H19N5O3. The number of nitrogens with zero attached hydrogens (tertiary/aromatic N) is 5. The third-order valence-corrected chi connectivity index (χ3v) is 2.50. The van der Waals surface area contributed by atoms with Crippen LogP contribution < -0.4 is 0 Å². The van der Waals surface area contributed by atoms with Crippen molar-refractivity contribution in [2.75, 3.05) is 27.7 Å². The van der Waals surface area contributed by atoms with Crippen LogP contribution >= 0.6 is 0 Å². The smallest absolute Gasteiger partial charge is 0.306 e. The zero-order valence-electron chi connectivity index (χ0n) is 10.9. The number of tetrazole rings is 1. The molecule has 0 saturated heterocycles. The molecule has 0 aliphatic heterocycles. The number of hydrogen-bond acceptors (Lipinski definition) is 6. The molecule has 1 aromatic rings. The second kappa shape index (κ2) is 7.02. The zero-order chi connectivity index (χ0) is 13.5. The van der Waals surface area contributed by atoms with Crippen LogP contribution in [0.5, 0.6) is 0 Å². The van der Waals surface area contributed by atoms with Gasteiger partial charge in [-0.25, -0.2) is 4.68 Å². The standard InChI is InChI=1S/C10H19N5O3/c1-14(2)5-4-9-11-12-13-15(9)7-8(18-3)6-10(16)17/h8H,4-7H2,1-3H3,(H,16,17). The highest BCUT2D eigenvalue weighted by atomic mass is 16.5. The Bertz CT molecular complexity index is 379. The highest BCUT2D eigenvalue weighted by molar-refractivity contribution is 5.67. The number of carboxylic acids is 1. The Labute approximate surface area is 106 Å². The van der Waals surface area contributed by atoms with E-state index < -0.39 is 12.1 Å². The number of likely N-dealkylation sites (N-methyl/N-ethyl adjacent to an activating group) is 1. The Morgan fingerprint density at radius 1 is 1.56 bits per heavy atom. The number of ether oxygens (including phenoxy) is 1. The van der Waals surface area contributed by atoms with E-state index in [0.717, 1.165) is 12.4 Å². The van der Waals surface area contributed by atoms with Crippen molar-refractivity contribution in [3.05, 3.63) is 5.82 Å². The molecular weight excluding hydrogens is 238 g/mol. The Balaban J connectivity index is 2.60. The first-order valence-electron chi connectivity index (χ1n) is 5.67. The van der Waals surface area contributed by atoms with Crippen LogP contribution in [0.1, 0.15) is 12.2 Å². The van der Waals surface area contributed by atoms with Crippen LogP contribution in [0.4, 0.5) is 0 Å². The molecule has 0 amide bonds. The lowest BCUT2D eigenvalue weighted by molar-refractivity contribution is -0.140. The zero-order valence-corrected chi connectivity index (χ0v) is 10.9. The van der Waals surface area contributed by atoms with E-state index in [9.17, 15) is 4.79 Å². The van der Waals surface area contributed by atoms with Gasteiger partial charge in [-0.2, -0.15) is 0 Å². The summed E-state index contributed by atoms with van der Waals surface area (Å²) in [5.74, 6) is -0.166. The van der Waals surface area contributed by atoms with Gasteiger partial charge in [0.05, 0.1) is 19.1 Å². The van der Waals surface area contributed by atoms with Crippen LogP contribution in [0.3, 0.4) is 0 Å². The van der Waals surface area contributed by atoms with E-state index in [2.05, 4.69) is 15.5 Å². The first-order valence-corrected chi connectivity index (χ1v) is 5.67. The SMILES string of the molecule is COC(CC(=O)O)Cn1nnnc1CCN(C)C. The third-order valence-electron chi connectivity index (χ3n) is 2.50. The van der Waals surface area contributed by atoms with Crippen LogP contribution in [0.25, 0.3) is 0 Å². The number of rotatable bonds is 8. The maximum absolute atomic E-state index is 10.6. The van der Waals surface area contributed by atoms with Crippen molar-refractivity contribution < 1.29 is 14.6 Å². The summed E-state index contributed by atoms with van der Waals surface area (Å²) in [6.45, 7) is 1.18. The van der Waals surface area contributed by atoms with Gasteiger partial charge < -0.3 is 14.7 Å². The maximum Gasteiger partial charge on any atom is 0.306 e. The van der Waals surface area contributed by atoms with E-state index in [0.29, 0.717) is 13.0 Å². The van der Waals surface area contributed by atoms with E-state index in [4.69, 9.17) is 9.84 Å². The van der Waals surface area contributed by atoms with Gasteiger partial charge in [0.25, 0.3) is 0 Å². The minimum atomic E-state index is -0.898. The van der Waals surface area contributed by atoms with Crippen molar-refractivity contribution in [2.24, 2.45) is 0 Å². The molecule has 0 aromatic carbocycles. The minimum Gasteiger partial charge on any atom is -0.481 e. The van der Waals surface area contributed by atoms with Gasteiger partial charge in [-0.1, -0.05) is 0 Å². The normalized spacial score (nSPS) is 12.9. The molecule has 1 atom stereocenters. The summed E-state index contributed by atoms with van der Waals surface area (Å²) in [4.78, 5) is 12.7. The van der Waals surface area contributed by atoms with E-state index >= 15 is 0 Å². The molecule has 0 aliphatic rings. The van der Waals surface area contributed by atoms with Gasteiger partial charge in [0.15, 0.2) is 5.82 Å². The third kappa shape index (κ3) is 4.76. The fourth-order valence-corrected chi connectivity index (χ4v) is 1.48. The van der Waals surface area contributed by atoms with Gasteiger partial charge in [0.1, 0.15) is 0 Å². The van der Waals surface area contributed by atoms with Gasteiger partial charge in [-0.15, -0.1) is 5.10 Å². The number of methoxy groups -OCH3 is 1. The largest absolute Gasteiger partial charge is 0.481 e. The first-order chi connectivity index (χ1) is 8.52. The lowest BCUT2D eigenvalue weighted by Crippen LogP contribution is -2.25. The van der Waals surface area contributed by atoms with E-state index in [1.165, 1.54) is 7.11 Å². The van der Waals surface area contributed by atoms with Crippen LogP contribution in [0, 0.1) is 0 Å². The number of aromatic nitrogens is 4. The summed E-state index contributed by atoms with van der Waals surface area (Å²) >= 11 is 0. The molecule has 0 saturated carbocycles. The molecule has 1 heterocycles. The van der Waals surface area contributed by atoms with Gasteiger partial charge in [-0.3, -0.25) is 4.79 Å². The first kappa shape index (κ1) is 14.5. The summed E-state index contributed by atoms with van der Waals surface area (Å²) in [6, 6.07) is 0. The fraction of sp³-hybridized carbons (Fsp3) is 0.800. The summed E-state index contributed by atoms with van der Waals surface area (Å²) in [5.41, 5.74) is 0. The highest BCUT2D eigenvalue weighted by Crippen LogP contribution is 2.03. The van der Waals surface area contributed by atoms with Crippen molar-refractivity contribution >= 4 is 5.97 Å². The molecule has 0 aliphatic carbocycles. The summed E-state index contributed by atoms with van der Waals surface area (Å²) < 4.78 is 6.71. The highest BCUT2D eigenvalue weighted by Gasteiger charge is 2.16. The van der Waals surface area contributed by atoms with Crippen molar-refractivity contribution in [1.29, 1.82) is 0 Å². The Hall–Kier alpha value is -1.54. The van der Waals surface area contributed by atoms with Gasteiger partial charge in [-0.05, 0) is 24.5 Å². The number of hydrogen-bond donors (Lipinski definition) is 1. The lowest BCUT2D eigenvalue weighted by atomic mass is 10.2. The van der Waals surface area contributed by atoms with Crippen LogP contribution in [0.15, 0.2) is 0 Å². The fourth-order valence-electron chi connectivity index (χ4n) is 1.48. The topological polar surface area (TPSA) is 93.4 Å². The van der Waals surface area contributed by atoms with Crippen molar-refractivity contribution in [2.45, 2.75) is 25.5 Å². The van der Waals surface area contributed by atoms with E-state index in [1.54, 1.807) is 4.68 Å². The molecule has 0 radical (unpaired) electrons. The average Bonchev–Trinajstić information content (AvgIpc) is 2.72. The van der Waals surface area contributed by atoms with E-state index in [-0.39, 0.29) is 6.42 Å². The van der Waals surface area contributed by atoms with Crippen molar-refractivity contribution in [3.8, 4) is 0 Å². The van der Waals surface area contributed by atoms with Crippen molar-refractivity contribution in [3.63, 3.8) is 0 Å². The summed E-state index contributed by atoms with van der Waals surface area (Å²) in [7, 11) is 5.42. The Morgan fingerprint density at radius 2 is 2.28 bits per heavy atom. The minimum absolute atomic E-state index is 0.0660. The average molecular weight is 257 g/mol. The molecule has 0 spiro atoms. The Kier molecular flexibility index (Phi) is 5.66. The lowest BCUT2D eigenvalue weighted by Gasteiger charge is -2.14.